The lowest BCUT2D eigenvalue weighted by Gasteiger charge is -2.15. The minimum Gasteiger partial charge on any atom is -0.301 e. The van der Waals surface area contributed by atoms with Crippen LogP contribution in [0, 0.1) is 6.92 Å². The van der Waals surface area contributed by atoms with Gasteiger partial charge in [-0.05, 0) is 37.1 Å². The van der Waals surface area contributed by atoms with E-state index in [1.54, 1.807) is 6.20 Å². The summed E-state index contributed by atoms with van der Waals surface area (Å²) >= 11 is 9.14. The van der Waals surface area contributed by atoms with E-state index in [9.17, 15) is 4.79 Å². The molecule has 0 bridgehead atoms. The second-order valence-corrected chi connectivity index (χ2v) is 9.25. The zero-order valence-corrected chi connectivity index (χ0v) is 19.3. The molecule has 0 saturated carbocycles. The van der Waals surface area contributed by atoms with Crippen LogP contribution in [0.25, 0.3) is 17.1 Å². The number of aryl methyl sites for hydroxylation is 1. The van der Waals surface area contributed by atoms with Gasteiger partial charge >= 0.3 is 0 Å². The number of rotatable bonds is 7. The standard InChI is InChI=1S/C22H20ClN5OS2/c1-3-18(20(29)25-21-24-11-12-30-21)31-22-27-26-19(15-10-9-14(2)17(23)13-15)28(22)16-7-5-4-6-8-16/h4-13,18H,3H2,1-2H3,(H,24,25,29)/t18-/m1/s1. The average Bonchev–Trinajstić information content (AvgIpc) is 3.44. The van der Waals surface area contributed by atoms with Crippen molar-refractivity contribution in [2.24, 2.45) is 0 Å². The average molecular weight is 470 g/mol. The molecule has 0 unspecified atom stereocenters. The highest BCUT2D eigenvalue weighted by atomic mass is 35.5. The Kier molecular flexibility index (Phi) is 6.70. The van der Waals surface area contributed by atoms with Crippen LogP contribution in [0.3, 0.4) is 0 Å². The fourth-order valence-corrected chi connectivity index (χ4v) is 4.68. The SMILES string of the molecule is CC[C@@H](Sc1nnc(-c2ccc(C)c(Cl)c2)n1-c1ccccc1)C(=O)Nc1nccs1. The number of thiazole rings is 1. The van der Waals surface area contributed by atoms with Gasteiger partial charge in [0.1, 0.15) is 0 Å². The summed E-state index contributed by atoms with van der Waals surface area (Å²) in [5, 5.41) is 15.1. The van der Waals surface area contributed by atoms with E-state index in [0.29, 0.717) is 27.6 Å². The smallest absolute Gasteiger partial charge is 0.239 e. The largest absolute Gasteiger partial charge is 0.301 e. The van der Waals surface area contributed by atoms with Crippen molar-refractivity contribution in [2.45, 2.75) is 30.7 Å². The van der Waals surface area contributed by atoms with Gasteiger partial charge in [-0.25, -0.2) is 4.98 Å². The summed E-state index contributed by atoms with van der Waals surface area (Å²) in [7, 11) is 0. The number of carbonyl (C=O) groups is 1. The van der Waals surface area contributed by atoms with Crippen LogP contribution >= 0.6 is 34.7 Å². The molecular weight excluding hydrogens is 450 g/mol. The van der Waals surface area contributed by atoms with Crippen LogP contribution in [-0.2, 0) is 4.79 Å². The molecule has 0 aliphatic heterocycles. The van der Waals surface area contributed by atoms with Crippen LogP contribution in [0.5, 0.6) is 0 Å². The molecule has 2 aromatic heterocycles. The van der Waals surface area contributed by atoms with E-state index in [2.05, 4.69) is 20.5 Å². The van der Waals surface area contributed by atoms with E-state index in [0.717, 1.165) is 16.8 Å². The van der Waals surface area contributed by atoms with Gasteiger partial charge in [-0.3, -0.25) is 9.36 Å². The van der Waals surface area contributed by atoms with Crippen molar-refractivity contribution >= 4 is 45.7 Å². The zero-order chi connectivity index (χ0) is 21.8. The molecule has 9 heteroatoms. The zero-order valence-electron chi connectivity index (χ0n) is 16.9. The van der Waals surface area contributed by atoms with Crippen molar-refractivity contribution < 1.29 is 4.79 Å². The molecule has 0 aliphatic carbocycles. The Bertz CT molecular complexity index is 1180. The number of carbonyl (C=O) groups excluding carboxylic acids is 1. The van der Waals surface area contributed by atoms with E-state index in [-0.39, 0.29) is 11.2 Å². The van der Waals surface area contributed by atoms with Gasteiger partial charge in [0, 0.05) is 27.9 Å². The normalized spacial score (nSPS) is 12.0. The second kappa shape index (κ2) is 9.64. The van der Waals surface area contributed by atoms with E-state index < -0.39 is 0 Å². The number of para-hydroxylation sites is 1. The molecule has 0 aliphatic rings. The van der Waals surface area contributed by atoms with E-state index in [1.807, 2.05) is 72.3 Å². The number of nitrogens with zero attached hydrogens (tertiary/aromatic N) is 4. The van der Waals surface area contributed by atoms with Gasteiger partial charge in [0.15, 0.2) is 16.1 Å². The Hall–Kier alpha value is -2.68. The van der Waals surface area contributed by atoms with Crippen molar-refractivity contribution in [3.63, 3.8) is 0 Å². The first kappa shape index (κ1) is 21.5. The molecule has 31 heavy (non-hydrogen) atoms. The van der Waals surface area contributed by atoms with Crippen LogP contribution in [-0.4, -0.2) is 30.9 Å². The van der Waals surface area contributed by atoms with E-state index >= 15 is 0 Å². The van der Waals surface area contributed by atoms with Crippen LogP contribution < -0.4 is 5.32 Å². The number of hydrogen-bond donors (Lipinski definition) is 1. The fraction of sp³-hybridized carbons (Fsp3) is 0.182. The van der Waals surface area contributed by atoms with Gasteiger partial charge in [-0.15, -0.1) is 21.5 Å². The topological polar surface area (TPSA) is 72.7 Å². The minimum absolute atomic E-state index is 0.106. The Balaban J connectivity index is 1.71. The molecule has 0 fully saturated rings. The molecule has 4 rings (SSSR count). The molecular formula is C22H20ClN5OS2. The first-order valence-corrected chi connectivity index (χ1v) is 11.8. The maximum absolute atomic E-state index is 12.8. The number of nitrogens with one attached hydrogen (secondary N) is 1. The van der Waals surface area contributed by atoms with Crippen molar-refractivity contribution in [2.75, 3.05) is 5.32 Å². The molecule has 6 nitrogen and oxygen atoms in total. The van der Waals surface area contributed by atoms with E-state index in [4.69, 9.17) is 11.6 Å². The van der Waals surface area contributed by atoms with E-state index in [1.165, 1.54) is 23.1 Å². The molecule has 2 heterocycles. The summed E-state index contributed by atoms with van der Waals surface area (Å²) in [6, 6.07) is 15.7. The molecule has 2 aromatic carbocycles. The predicted molar refractivity (Wildman–Crippen MR) is 127 cm³/mol. The fourth-order valence-electron chi connectivity index (χ4n) is 3.00. The number of benzene rings is 2. The maximum Gasteiger partial charge on any atom is 0.239 e. The summed E-state index contributed by atoms with van der Waals surface area (Å²) in [4.78, 5) is 16.9. The summed E-state index contributed by atoms with van der Waals surface area (Å²) in [5.74, 6) is 0.566. The lowest BCUT2D eigenvalue weighted by molar-refractivity contribution is -0.115. The second-order valence-electron chi connectivity index (χ2n) is 6.78. The van der Waals surface area contributed by atoms with Crippen molar-refractivity contribution in [1.82, 2.24) is 19.7 Å². The monoisotopic (exact) mass is 469 g/mol. The maximum atomic E-state index is 12.8. The predicted octanol–water partition coefficient (Wildman–Crippen LogP) is 5.86. The lowest BCUT2D eigenvalue weighted by Crippen LogP contribution is -2.25. The van der Waals surface area contributed by atoms with Crippen LogP contribution in [0.1, 0.15) is 18.9 Å². The van der Waals surface area contributed by atoms with Gasteiger partial charge < -0.3 is 5.32 Å². The third-order valence-electron chi connectivity index (χ3n) is 4.65. The molecule has 1 amide bonds. The number of thioether (sulfide) groups is 1. The Morgan fingerprint density at radius 1 is 1.23 bits per heavy atom. The quantitative estimate of drug-likeness (QED) is 0.343. The summed E-state index contributed by atoms with van der Waals surface area (Å²) in [6.45, 7) is 3.94. The van der Waals surface area contributed by atoms with Gasteiger partial charge in [0.05, 0.1) is 5.25 Å². The van der Waals surface area contributed by atoms with Crippen LogP contribution in [0.2, 0.25) is 5.02 Å². The van der Waals surface area contributed by atoms with Gasteiger partial charge in [-0.2, -0.15) is 0 Å². The number of aromatic nitrogens is 4. The lowest BCUT2D eigenvalue weighted by atomic mass is 10.1. The first-order valence-electron chi connectivity index (χ1n) is 9.71. The summed E-state index contributed by atoms with van der Waals surface area (Å²) < 4.78 is 1.96. The molecule has 0 spiro atoms. The van der Waals surface area contributed by atoms with Gasteiger partial charge in [0.25, 0.3) is 0 Å². The minimum atomic E-state index is -0.343. The first-order chi connectivity index (χ1) is 15.1. The number of anilines is 1. The highest BCUT2D eigenvalue weighted by Gasteiger charge is 2.24. The van der Waals surface area contributed by atoms with Gasteiger partial charge in [0.2, 0.25) is 5.91 Å². The summed E-state index contributed by atoms with van der Waals surface area (Å²) in [6.07, 6.45) is 2.30. The van der Waals surface area contributed by atoms with Crippen LogP contribution in [0.15, 0.2) is 65.3 Å². The highest BCUT2D eigenvalue weighted by molar-refractivity contribution is 8.00. The van der Waals surface area contributed by atoms with Gasteiger partial charge in [-0.1, -0.05) is 60.6 Å². The third kappa shape index (κ3) is 4.81. The number of amides is 1. The Morgan fingerprint density at radius 3 is 2.71 bits per heavy atom. The molecule has 0 saturated heterocycles. The van der Waals surface area contributed by atoms with Crippen molar-refractivity contribution in [1.29, 1.82) is 0 Å². The molecule has 1 N–H and O–H groups in total. The summed E-state index contributed by atoms with van der Waals surface area (Å²) in [5.41, 5.74) is 2.77. The highest BCUT2D eigenvalue weighted by Crippen LogP contribution is 2.33. The Morgan fingerprint density at radius 2 is 2.03 bits per heavy atom. The molecule has 1 atom stereocenters. The molecule has 158 valence electrons. The van der Waals surface area contributed by atoms with Crippen molar-refractivity contribution in [3.8, 4) is 17.1 Å². The van der Waals surface area contributed by atoms with Crippen LogP contribution in [0.4, 0.5) is 5.13 Å². The number of halogens is 1. The third-order valence-corrected chi connectivity index (χ3v) is 7.05. The Labute approximate surface area is 193 Å². The molecule has 0 radical (unpaired) electrons. The molecule has 4 aromatic rings. The van der Waals surface area contributed by atoms with Crippen molar-refractivity contribution in [3.05, 3.63) is 70.7 Å². The number of hydrogen-bond acceptors (Lipinski definition) is 6.